The Balaban J connectivity index is 1.48. The van der Waals surface area contributed by atoms with Crippen LogP contribution in [0.3, 0.4) is 0 Å². The van der Waals surface area contributed by atoms with Gasteiger partial charge in [0.2, 0.25) is 5.89 Å². The van der Waals surface area contributed by atoms with Gasteiger partial charge in [0.25, 0.3) is 5.91 Å². The highest BCUT2D eigenvalue weighted by Gasteiger charge is 2.28. The van der Waals surface area contributed by atoms with Crippen LogP contribution in [0.5, 0.6) is 0 Å². The van der Waals surface area contributed by atoms with Crippen LogP contribution >= 0.6 is 0 Å². The Morgan fingerprint density at radius 2 is 2.08 bits per heavy atom. The van der Waals surface area contributed by atoms with E-state index < -0.39 is 0 Å². The van der Waals surface area contributed by atoms with Gasteiger partial charge in [-0.25, -0.2) is 0 Å². The van der Waals surface area contributed by atoms with E-state index in [4.69, 9.17) is 8.94 Å². The third-order valence-corrected chi connectivity index (χ3v) is 4.55. The number of furan rings is 1. The number of hydrogen-bond acceptors (Lipinski definition) is 5. The first-order valence-electron chi connectivity index (χ1n) is 8.44. The first kappa shape index (κ1) is 15.6. The van der Waals surface area contributed by atoms with Gasteiger partial charge in [0, 0.05) is 37.1 Å². The Labute approximate surface area is 145 Å². The number of carbonyl (C=O) groups is 1. The predicted molar refractivity (Wildman–Crippen MR) is 91.1 cm³/mol. The summed E-state index contributed by atoms with van der Waals surface area (Å²) in [6, 6.07) is 11.3. The lowest BCUT2D eigenvalue weighted by atomic mass is 9.96. The van der Waals surface area contributed by atoms with Crippen molar-refractivity contribution in [2.24, 2.45) is 0 Å². The first-order chi connectivity index (χ1) is 12.2. The van der Waals surface area contributed by atoms with E-state index in [0.29, 0.717) is 23.8 Å². The molecule has 6 heteroatoms. The fourth-order valence-corrected chi connectivity index (χ4v) is 3.26. The molecule has 3 heterocycles. The molecule has 0 aliphatic carbocycles. The summed E-state index contributed by atoms with van der Waals surface area (Å²) in [7, 11) is 0. The smallest absolute Gasteiger partial charge is 0.253 e. The van der Waals surface area contributed by atoms with Crippen molar-refractivity contribution in [3.05, 3.63) is 59.9 Å². The molecule has 6 nitrogen and oxygen atoms in total. The number of aryl methyl sites for hydroxylation is 1. The minimum absolute atomic E-state index is 0.0379. The topological polar surface area (TPSA) is 72.4 Å². The van der Waals surface area contributed by atoms with Crippen molar-refractivity contribution in [3.8, 4) is 11.3 Å². The molecule has 1 amide bonds. The summed E-state index contributed by atoms with van der Waals surface area (Å²) in [5.41, 5.74) is 1.64. The monoisotopic (exact) mass is 337 g/mol. The van der Waals surface area contributed by atoms with E-state index >= 15 is 0 Å². The number of benzene rings is 1. The molecule has 2 aromatic heterocycles. The van der Waals surface area contributed by atoms with E-state index in [1.54, 1.807) is 13.2 Å². The van der Waals surface area contributed by atoms with Gasteiger partial charge in [-0.3, -0.25) is 4.79 Å². The molecule has 0 spiro atoms. The summed E-state index contributed by atoms with van der Waals surface area (Å²) in [4.78, 5) is 19.0. The van der Waals surface area contributed by atoms with Crippen LogP contribution in [-0.2, 0) is 0 Å². The number of likely N-dealkylation sites (tertiary alicyclic amines) is 1. The van der Waals surface area contributed by atoms with Crippen LogP contribution in [0.2, 0.25) is 0 Å². The zero-order valence-electron chi connectivity index (χ0n) is 14.0. The molecule has 1 atom stereocenters. The summed E-state index contributed by atoms with van der Waals surface area (Å²) >= 11 is 0. The van der Waals surface area contributed by atoms with Crippen molar-refractivity contribution in [1.82, 2.24) is 15.0 Å². The minimum Gasteiger partial charge on any atom is -0.464 e. The van der Waals surface area contributed by atoms with E-state index in [-0.39, 0.29) is 11.8 Å². The Morgan fingerprint density at radius 1 is 1.24 bits per heavy atom. The summed E-state index contributed by atoms with van der Waals surface area (Å²) in [6.07, 6.45) is 3.55. The van der Waals surface area contributed by atoms with Crippen LogP contribution in [0.25, 0.3) is 11.3 Å². The summed E-state index contributed by atoms with van der Waals surface area (Å²) < 4.78 is 10.5. The number of rotatable bonds is 3. The van der Waals surface area contributed by atoms with Gasteiger partial charge in [-0.2, -0.15) is 4.98 Å². The number of amides is 1. The zero-order valence-corrected chi connectivity index (χ0v) is 14.0. The van der Waals surface area contributed by atoms with Crippen molar-refractivity contribution in [2.45, 2.75) is 25.7 Å². The highest BCUT2D eigenvalue weighted by molar-refractivity contribution is 5.94. The molecule has 0 N–H and O–H groups in total. The summed E-state index contributed by atoms with van der Waals surface area (Å²) in [6.45, 7) is 3.16. The third-order valence-electron chi connectivity index (χ3n) is 4.55. The van der Waals surface area contributed by atoms with E-state index in [9.17, 15) is 4.79 Å². The fourth-order valence-electron chi connectivity index (χ4n) is 3.26. The highest BCUT2D eigenvalue weighted by atomic mass is 16.5. The molecule has 0 radical (unpaired) electrons. The molecule has 0 unspecified atom stereocenters. The highest BCUT2D eigenvalue weighted by Crippen LogP contribution is 2.26. The van der Waals surface area contributed by atoms with Crippen molar-refractivity contribution < 1.29 is 13.7 Å². The van der Waals surface area contributed by atoms with Crippen LogP contribution in [0.15, 0.2) is 51.6 Å². The Bertz CT molecular complexity index is 852. The second-order valence-electron chi connectivity index (χ2n) is 6.32. The molecule has 0 saturated carbocycles. The minimum atomic E-state index is 0.0379. The molecule has 1 aliphatic rings. The quantitative estimate of drug-likeness (QED) is 0.729. The standard InChI is InChI=1S/C19H19N3O3/c1-13-20-18(21-25-13)16-4-2-10-22(12-16)19(23)15-8-6-14(7-9-15)17-5-3-11-24-17/h3,5-9,11,16H,2,4,10,12H2,1H3/t16-/m0/s1. The average Bonchev–Trinajstić information content (AvgIpc) is 3.33. The van der Waals surface area contributed by atoms with Crippen LogP contribution in [0.4, 0.5) is 0 Å². The van der Waals surface area contributed by atoms with Crippen LogP contribution in [0, 0.1) is 6.92 Å². The maximum absolute atomic E-state index is 12.8. The van der Waals surface area contributed by atoms with E-state index in [0.717, 1.165) is 30.7 Å². The normalized spacial score (nSPS) is 17.6. The molecule has 25 heavy (non-hydrogen) atoms. The number of aromatic nitrogens is 2. The second-order valence-corrected chi connectivity index (χ2v) is 6.32. The second kappa shape index (κ2) is 6.55. The van der Waals surface area contributed by atoms with Gasteiger partial charge in [-0.05, 0) is 37.1 Å². The molecule has 1 aromatic carbocycles. The lowest BCUT2D eigenvalue weighted by Gasteiger charge is -2.31. The Hall–Kier alpha value is -2.89. The lowest BCUT2D eigenvalue weighted by Crippen LogP contribution is -2.39. The molecule has 1 fully saturated rings. The van der Waals surface area contributed by atoms with Crippen molar-refractivity contribution in [2.75, 3.05) is 13.1 Å². The molecule has 1 saturated heterocycles. The van der Waals surface area contributed by atoms with Crippen LogP contribution in [0.1, 0.15) is 40.8 Å². The number of piperidine rings is 1. The van der Waals surface area contributed by atoms with Crippen molar-refractivity contribution in [3.63, 3.8) is 0 Å². The molecule has 0 bridgehead atoms. The van der Waals surface area contributed by atoms with Crippen LogP contribution < -0.4 is 0 Å². The van der Waals surface area contributed by atoms with Gasteiger partial charge in [0.05, 0.1) is 6.26 Å². The summed E-state index contributed by atoms with van der Waals surface area (Å²) in [5.74, 6) is 2.23. The van der Waals surface area contributed by atoms with Gasteiger partial charge in [-0.15, -0.1) is 0 Å². The number of hydrogen-bond donors (Lipinski definition) is 0. The lowest BCUT2D eigenvalue weighted by molar-refractivity contribution is 0.0703. The molecule has 4 rings (SSSR count). The van der Waals surface area contributed by atoms with Crippen molar-refractivity contribution >= 4 is 5.91 Å². The molecular formula is C19H19N3O3. The van der Waals surface area contributed by atoms with Gasteiger partial charge in [0.15, 0.2) is 5.82 Å². The van der Waals surface area contributed by atoms with Gasteiger partial charge >= 0.3 is 0 Å². The molecule has 3 aromatic rings. The molecule has 1 aliphatic heterocycles. The SMILES string of the molecule is Cc1nc([C@H]2CCCN(C(=O)c3ccc(-c4ccco4)cc3)C2)no1. The van der Waals surface area contributed by atoms with Gasteiger partial charge in [-0.1, -0.05) is 17.3 Å². The van der Waals surface area contributed by atoms with Crippen LogP contribution in [-0.4, -0.2) is 34.0 Å². The van der Waals surface area contributed by atoms with E-state index in [1.807, 2.05) is 41.3 Å². The molecular weight excluding hydrogens is 318 g/mol. The fraction of sp³-hybridized carbons (Fsp3) is 0.316. The van der Waals surface area contributed by atoms with Gasteiger partial charge < -0.3 is 13.8 Å². The van der Waals surface area contributed by atoms with E-state index in [2.05, 4.69) is 10.1 Å². The summed E-state index contributed by atoms with van der Waals surface area (Å²) in [5, 5.41) is 4.01. The zero-order chi connectivity index (χ0) is 17.2. The first-order valence-corrected chi connectivity index (χ1v) is 8.44. The molecule has 128 valence electrons. The maximum atomic E-state index is 12.8. The predicted octanol–water partition coefficient (Wildman–Crippen LogP) is 3.66. The number of nitrogens with zero attached hydrogens (tertiary/aromatic N) is 3. The van der Waals surface area contributed by atoms with Crippen molar-refractivity contribution in [1.29, 1.82) is 0 Å². The van der Waals surface area contributed by atoms with Gasteiger partial charge in [0.1, 0.15) is 5.76 Å². The maximum Gasteiger partial charge on any atom is 0.253 e. The van der Waals surface area contributed by atoms with E-state index in [1.165, 1.54) is 0 Å². The number of carbonyl (C=O) groups excluding carboxylic acids is 1. The Kier molecular flexibility index (Phi) is 4.09. The largest absolute Gasteiger partial charge is 0.464 e. The average molecular weight is 337 g/mol. The Morgan fingerprint density at radius 3 is 2.76 bits per heavy atom. The third kappa shape index (κ3) is 3.20.